The number of hydrogen-bond donors (Lipinski definition) is 2. The lowest BCUT2D eigenvalue weighted by molar-refractivity contribution is 0.102. The number of hydrogen-bond acceptors (Lipinski definition) is 4. The Hall–Kier alpha value is -3.00. The van der Waals surface area contributed by atoms with Crippen molar-refractivity contribution in [3.05, 3.63) is 94.5 Å². The number of aryl methyl sites for hydroxylation is 1. The van der Waals surface area contributed by atoms with Crippen LogP contribution in [0, 0.1) is 12.8 Å². The van der Waals surface area contributed by atoms with Crippen LogP contribution in [0.4, 0.5) is 5.69 Å². The van der Waals surface area contributed by atoms with E-state index < -0.39 is 10.0 Å². The molecule has 2 atom stereocenters. The molecule has 3 aromatic rings. The van der Waals surface area contributed by atoms with Gasteiger partial charge in [0.15, 0.2) is 0 Å². The van der Waals surface area contributed by atoms with Crippen molar-refractivity contribution < 1.29 is 13.2 Å². The second-order valence-electron chi connectivity index (χ2n) is 10.8. The Morgan fingerprint density at radius 3 is 2.39 bits per heavy atom. The molecule has 38 heavy (non-hydrogen) atoms. The number of amides is 1. The zero-order valence-corrected chi connectivity index (χ0v) is 23.1. The monoisotopic (exact) mass is 531 g/mol. The zero-order chi connectivity index (χ0) is 26.7. The second kappa shape index (κ2) is 11.4. The van der Waals surface area contributed by atoms with Gasteiger partial charge in [-0.3, -0.25) is 9.69 Å². The smallest absolute Gasteiger partial charge is 0.255 e. The average Bonchev–Trinajstić information content (AvgIpc) is 2.91. The first kappa shape index (κ1) is 26.6. The van der Waals surface area contributed by atoms with E-state index in [9.17, 15) is 13.2 Å². The first-order valence-electron chi connectivity index (χ1n) is 13.6. The van der Waals surface area contributed by atoms with E-state index in [1.54, 1.807) is 12.1 Å². The number of benzene rings is 3. The molecule has 2 N–H and O–H groups in total. The quantitative estimate of drug-likeness (QED) is 0.433. The Bertz CT molecular complexity index is 1410. The van der Waals surface area contributed by atoms with Gasteiger partial charge in [0.1, 0.15) is 0 Å². The molecule has 1 fully saturated rings. The summed E-state index contributed by atoms with van der Waals surface area (Å²) in [5.41, 5.74) is 5.33. The van der Waals surface area contributed by atoms with Crippen molar-refractivity contribution in [2.24, 2.45) is 5.92 Å². The molecule has 0 aromatic heterocycles. The van der Waals surface area contributed by atoms with Gasteiger partial charge in [-0.05, 0) is 85.4 Å². The molecule has 1 aliphatic heterocycles. The Morgan fingerprint density at radius 1 is 0.947 bits per heavy atom. The molecular weight excluding hydrogens is 494 g/mol. The van der Waals surface area contributed by atoms with Crippen LogP contribution in [0.5, 0.6) is 0 Å². The van der Waals surface area contributed by atoms with Crippen molar-refractivity contribution in [2.45, 2.75) is 63.4 Å². The molecule has 2 aliphatic rings. The molecule has 0 spiro atoms. The molecule has 1 saturated heterocycles. The molecule has 1 amide bonds. The maximum Gasteiger partial charge on any atom is 0.255 e. The molecule has 1 aliphatic carbocycles. The van der Waals surface area contributed by atoms with Crippen LogP contribution >= 0.6 is 0 Å². The number of nitrogens with one attached hydrogen (secondary N) is 2. The van der Waals surface area contributed by atoms with Crippen molar-refractivity contribution in [3.63, 3.8) is 0 Å². The van der Waals surface area contributed by atoms with Crippen molar-refractivity contribution in [3.8, 4) is 0 Å². The van der Waals surface area contributed by atoms with Crippen LogP contribution in [0.1, 0.15) is 58.8 Å². The van der Waals surface area contributed by atoms with Gasteiger partial charge >= 0.3 is 0 Å². The summed E-state index contributed by atoms with van der Waals surface area (Å²) in [4.78, 5) is 15.8. The van der Waals surface area contributed by atoms with Gasteiger partial charge in [0.25, 0.3) is 5.91 Å². The highest BCUT2D eigenvalue weighted by Gasteiger charge is 2.32. The van der Waals surface area contributed by atoms with E-state index in [1.807, 2.05) is 37.3 Å². The largest absolute Gasteiger partial charge is 0.322 e. The third-order valence-electron chi connectivity index (χ3n) is 7.96. The molecule has 6 nitrogen and oxygen atoms in total. The van der Waals surface area contributed by atoms with Gasteiger partial charge in [0, 0.05) is 36.9 Å². The lowest BCUT2D eigenvalue weighted by atomic mass is 9.90. The molecule has 3 aromatic carbocycles. The number of carbonyl (C=O) groups is 1. The maximum absolute atomic E-state index is 13.7. The molecule has 200 valence electrons. The summed E-state index contributed by atoms with van der Waals surface area (Å²) in [7, 11) is -3.70. The minimum Gasteiger partial charge on any atom is -0.322 e. The predicted molar refractivity (Wildman–Crippen MR) is 152 cm³/mol. The number of nitrogens with zero attached hydrogens (tertiary/aromatic N) is 1. The van der Waals surface area contributed by atoms with Gasteiger partial charge in [0.2, 0.25) is 10.0 Å². The van der Waals surface area contributed by atoms with Gasteiger partial charge in [-0.1, -0.05) is 55.5 Å². The first-order valence-corrected chi connectivity index (χ1v) is 15.1. The van der Waals surface area contributed by atoms with Crippen molar-refractivity contribution in [1.29, 1.82) is 0 Å². The van der Waals surface area contributed by atoms with Gasteiger partial charge in [-0.2, -0.15) is 0 Å². The van der Waals surface area contributed by atoms with Crippen LogP contribution in [0.15, 0.2) is 71.6 Å². The fourth-order valence-electron chi connectivity index (χ4n) is 5.88. The molecule has 0 radical (unpaired) electrons. The summed E-state index contributed by atoms with van der Waals surface area (Å²) in [5.74, 6) is 0.0337. The summed E-state index contributed by atoms with van der Waals surface area (Å²) in [6.45, 7) is 6.63. The first-order chi connectivity index (χ1) is 18.3. The Labute approximate surface area is 226 Å². The maximum atomic E-state index is 13.7. The van der Waals surface area contributed by atoms with Crippen LogP contribution < -0.4 is 10.0 Å². The van der Waals surface area contributed by atoms with Gasteiger partial charge in [-0.15, -0.1) is 0 Å². The fraction of sp³-hybridized carbons (Fsp3) is 0.387. The number of piperidine rings is 1. The molecule has 0 saturated carbocycles. The van der Waals surface area contributed by atoms with E-state index in [4.69, 9.17) is 0 Å². The second-order valence-corrected chi connectivity index (χ2v) is 12.4. The normalized spacial score (nSPS) is 20.1. The van der Waals surface area contributed by atoms with Gasteiger partial charge in [-0.25, -0.2) is 13.1 Å². The molecule has 0 bridgehead atoms. The third-order valence-corrected chi connectivity index (χ3v) is 9.54. The summed E-state index contributed by atoms with van der Waals surface area (Å²) in [6.07, 6.45) is 4.16. The van der Waals surface area contributed by atoms with Crippen LogP contribution in [0.2, 0.25) is 0 Å². The number of fused-ring (bicyclic) bond motifs is 1. The van der Waals surface area contributed by atoms with Crippen LogP contribution in [-0.4, -0.2) is 38.4 Å². The van der Waals surface area contributed by atoms with Crippen LogP contribution in [-0.2, 0) is 29.4 Å². The Balaban J connectivity index is 1.32. The standard InChI is InChI=1S/C31H37N3O3S/c1-22-10-6-7-13-25(22)31(35)32-29-16-17-30(27-15-9-8-14-26(27)29)38(36,37)33-28-18-19-34(20-23(28)2)21-24-11-4-3-5-12-24/h3-7,10-13,16-17,23,28,33H,8-9,14-15,18-21H2,1-2H3,(H,32,35)/t23-,28+/m1/s1. The van der Waals surface area contributed by atoms with E-state index in [0.717, 1.165) is 67.7 Å². The highest BCUT2D eigenvalue weighted by atomic mass is 32.2. The molecule has 1 heterocycles. The van der Waals surface area contributed by atoms with E-state index in [-0.39, 0.29) is 17.9 Å². The molecule has 5 rings (SSSR count). The molecule has 7 heteroatoms. The van der Waals surface area contributed by atoms with Crippen LogP contribution in [0.3, 0.4) is 0 Å². The van der Waals surface area contributed by atoms with Gasteiger partial charge in [0.05, 0.1) is 4.90 Å². The van der Waals surface area contributed by atoms with E-state index >= 15 is 0 Å². The average molecular weight is 532 g/mol. The number of likely N-dealkylation sites (tertiary alicyclic amines) is 1. The Morgan fingerprint density at radius 2 is 1.66 bits per heavy atom. The summed E-state index contributed by atoms with van der Waals surface area (Å²) in [6, 6.07) is 21.2. The van der Waals surface area contributed by atoms with E-state index in [2.05, 4.69) is 46.1 Å². The lowest BCUT2D eigenvalue weighted by Gasteiger charge is -2.37. The van der Waals surface area contributed by atoms with Crippen LogP contribution in [0.25, 0.3) is 0 Å². The topological polar surface area (TPSA) is 78.5 Å². The molecular formula is C31H37N3O3S. The minimum atomic E-state index is -3.70. The summed E-state index contributed by atoms with van der Waals surface area (Å²) >= 11 is 0. The van der Waals surface area contributed by atoms with Gasteiger partial charge < -0.3 is 5.32 Å². The van der Waals surface area contributed by atoms with E-state index in [1.165, 1.54) is 5.56 Å². The number of carbonyl (C=O) groups excluding carboxylic acids is 1. The number of rotatable bonds is 7. The Kier molecular flexibility index (Phi) is 7.98. The summed E-state index contributed by atoms with van der Waals surface area (Å²) < 4.78 is 30.4. The zero-order valence-electron chi connectivity index (χ0n) is 22.2. The minimum absolute atomic E-state index is 0.105. The van der Waals surface area contributed by atoms with Crippen molar-refractivity contribution in [2.75, 3.05) is 18.4 Å². The molecule has 0 unspecified atom stereocenters. The number of anilines is 1. The summed E-state index contributed by atoms with van der Waals surface area (Å²) in [5, 5.41) is 3.06. The third kappa shape index (κ3) is 5.85. The SMILES string of the molecule is Cc1ccccc1C(=O)Nc1ccc(S(=O)(=O)N[C@H]2CCN(Cc3ccccc3)C[C@H]2C)c2c1CCCC2. The fourth-order valence-corrected chi connectivity index (χ4v) is 7.55. The van der Waals surface area contributed by atoms with E-state index in [0.29, 0.717) is 16.9 Å². The lowest BCUT2D eigenvalue weighted by Crippen LogP contribution is -2.49. The number of sulfonamides is 1. The van der Waals surface area contributed by atoms with Crippen molar-refractivity contribution >= 4 is 21.6 Å². The highest BCUT2D eigenvalue weighted by molar-refractivity contribution is 7.89. The predicted octanol–water partition coefficient (Wildman–Crippen LogP) is 5.32. The van der Waals surface area contributed by atoms with Crippen molar-refractivity contribution in [1.82, 2.24) is 9.62 Å². The highest BCUT2D eigenvalue weighted by Crippen LogP contribution is 2.34.